The third-order valence-electron chi connectivity index (χ3n) is 5.05. The zero-order valence-electron chi connectivity index (χ0n) is 19.0. The van der Waals surface area contributed by atoms with Crippen LogP contribution in [-0.4, -0.2) is 44.9 Å². The predicted molar refractivity (Wildman–Crippen MR) is 129 cm³/mol. The van der Waals surface area contributed by atoms with Crippen molar-refractivity contribution in [1.82, 2.24) is 19.5 Å². The molecule has 2 heterocycles. The number of Topliss-reactive ketones (excluding diaryl/α,β-unsaturated/α-hetero) is 1. The Balaban J connectivity index is 1.38. The molecule has 13 heteroatoms. The number of ether oxygens (including phenoxy) is 1. The molecule has 2 aromatic heterocycles. The number of fused-ring (bicyclic) bond motifs is 1. The van der Waals surface area contributed by atoms with E-state index in [1.807, 2.05) is 6.07 Å². The molecule has 1 unspecified atom stereocenters. The maximum Gasteiger partial charge on any atom is 0.356 e. The normalized spacial score (nSPS) is 13.0. The largest absolute Gasteiger partial charge is 0.369 e. The Morgan fingerprint density at radius 3 is 2.61 bits per heavy atom. The van der Waals surface area contributed by atoms with E-state index in [0.29, 0.717) is 0 Å². The van der Waals surface area contributed by atoms with Gasteiger partial charge in [-0.15, -0.1) is 0 Å². The molecule has 3 N–H and O–H groups in total. The zero-order chi connectivity index (χ0) is 25.5. The number of benzene rings is 2. The summed E-state index contributed by atoms with van der Waals surface area (Å²) in [4.78, 5) is 34.8. The molecule has 0 radical (unpaired) electrons. The molecule has 0 amide bonds. The fraction of sp³-hybridized carbons (Fsp3) is 0.217. The van der Waals surface area contributed by atoms with Crippen molar-refractivity contribution in [2.45, 2.75) is 13.2 Å². The second kappa shape index (κ2) is 11.4. The molecule has 1 atom stereocenters. The van der Waals surface area contributed by atoms with Crippen molar-refractivity contribution in [3.63, 3.8) is 0 Å². The number of aromatic nitrogens is 4. The van der Waals surface area contributed by atoms with Crippen molar-refractivity contribution in [3.05, 3.63) is 88.2 Å². The number of aromatic amines is 1. The molecule has 0 aliphatic carbocycles. The molecule has 0 saturated carbocycles. The van der Waals surface area contributed by atoms with Crippen molar-refractivity contribution >= 4 is 30.5 Å². The number of nitrogens with zero attached hydrogens (tertiary/aromatic N) is 3. The Kier molecular flexibility index (Phi) is 8.01. The summed E-state index contributed by atoms with van der Waals surface area (Å²) in [5.74, 6) is -1.02. The molecular weight excluding hydrogens is 492 g/mol. The topological polar surface area (TPSA) is 151 Å². The fourth-order valence-electron chi connectivity index (χ4n) is 3.21. The Hall–Kier alpha value is -3.70. The second-order valence-electron chi connectivity index (χ2n) is 7.67. The molecule has 4 aromatic rings. The minimum atomic E-state index is -3.87. The number of imidazole rings is 1. The van der Waals surface area contributed by atoms with Crippen LogP contribution in [-0.2, 0) is 31.5 Å². The summed E-state index contributed by atoms with van der Waals surface area (Å²) in [6.07, 6.45) is 0.984. The van der Waals surface area contributed by atoms with Gasteiger partial charge in [-0.25, -0.2) is 9.37 Å². The number of hydrogen-bond acceptors (Lipinski definition) is 9. The van der Waals surface area contributed by atoms with E-state index >= 15 is 0 Å². The summed E-state index contributed by atoms with van der Waals surface area (Å²) in [6, 6.07) is 14.0. The first-order chi connectivity index (χ1) is 17.3. The summed E-state index contributed by atoms with van der Waals surface area (Å²) < 4.78 is 44.6. The van der Waals surface area contributed by atoms with Crippen LogP contribution in [0.1, 0.15) is 15.9 Å². The first-order valence-corrected chi connectivity index (χ1v) is 12.5. The van der Waals surface area contributed by atoms with Gasteiger partial charge < -0.3 is 19.6 Å². The molecule has 188 valence electrons. The van der Waals surface area contributed by atoms with E-state index in [2.05, 4.69) is 15.0 Å². The van der Waals surface area contributed by atoms with Crippen molar-refractivity contribution in [2.75, 3.05) is 25.3 Å². The Morgan fingerprint density at radius 1 is 1.11 bits per heavy atom. The van der Waals surface area contributed by atoms with Gasteiger partial charge in [-0.1, -0.05) is 30.3 Å². The van der Waals surface area contributed by atoms with Gasteiger partial charge in [0, 0.05) is 12.1 Å². The molecule has 36 heavy (non-hydrogen) atoms. The number of ketones is 1. The van der Waals surface area contributed by atoms with Crippen LogP contribution in [0.4, 0.5) is 10.3 Å². The summed E-state index contributed by atoms with van der Waals surface area (Å²) in [6.45, 7) is -0.295. The quantitative estimate of drug-likeness (QED) is 0.165. The molecule has 2 aromatic carbocycles. The van der Waals surface area contributed by atoms with Gasteiger partial charge in [0.25, 0.3) is 5.56 Å². The van der Waals surface area contributed by atoms with Crippen LogP contribution < -0.4 is 11.3 Å². The highest BCUT2D eigenvalue weighted by Crippen LogP contribution is 2.49. The minimum Gasteiger partial charge on any atom is -0.369 e. The average molecular weight is 515 g/mol. The molecule has 0 fully saturated rings. The molecule has 0 saturated heterocycles. The minimum absolute atomic E-state index is 0.0235. The smallest absolute Gasteiger partial charge is 0.356 e. The number of rotatable bonds is 12. The summed E-state index contributed by atoms with van der Waals surface area (Å²) >= 11 is 0. The van der Waals surface area contributed by atoms with Gasteiger partial charge in [0.1, 0.15) is 18.8 Å². The van der Waals surface area contributed by atoms with Crippen LogP contribution in [0.25, 0.3) is 11.2 Å². The van der Waals surface area contributed by atoms with Crippen LogP contribution in [0.15, 0.2) is 65.7 Å². The van der Waals surface area contributed by atoms with Gasteiger partial charge in [0.2, 0.25) is 5.95 Å². The maximum atomic E-state index is 13.4. The van der Waals surface area contributed by atoms with Crippen molar-refractivity contribution in [1.29, 1.82) is 0 Å². The number of nitrogen functional groups attached to an aromatic ring is 1. The predicted octanol–water partition coefficient (Wildman–Crippen LogP) is 3.12. The number of carbonyl (C=O) groups is 1. The number of halogens is 1. The Labute approximate surface area is 204 Å². The Bertz CT molecular complexity index is 1440. The number of carbonyl (C=O) groups excluding carboxylic acids is 1. The van der Waals surface area contributed by atoms with Crippen molar-refractivity contribution in [3.8, 4) is 0 Å². The van der Waals surface area contributed by atoms with Gasteiger partial charge in [-0.05, 0) is 29.8 Å². The maximum absolute atomic E-state index is 13.4. The molecule has 0 aliphatic heterocycles. The molecule has 4 rings (SSSR count). The second-order valence-corrected chi connectivity index (χ2v) is 9.67. The third kappa shape index (κ3) is 6.49. The molecule has 0 aliphatic rings. The monoisotopic (exact) mass is 515 g/mol. The van der Waals surface area contributed by atoms with Crippen LogP contribution >= 0.6 is 7.60 Å². The molecular formula is C23H23FN5O6P. The van der Waals surface area contributed by atoms with Crippen LogP contribution in [0, 0.1) is 5.82 Å². The van der Waals surface area contributed by atoms with Crippen LogP contribution in [0.5, 0.6) is 0 Å². The lowest BCUT2D eigenvalue weighted by molar-refractivity contribution is 0.0855. The van der Waals surface area contributed by atoms with Gasteiger partial charge in [0.15, 0.2) is 16.9 Å². The average Bonchev–Trinajstić information content (AvgIpc) is 3.28. The van der Waals surface area contributed by atoms with E-state index in [-0.39, 0.29) is 42.4 Å². The van der Waals surface area contributed by atoms with E-state index in [0.717, 1.165) is 17.7 Å². The van der Waals surface area contributed by atoms with Crippen LogP contribution in [0.3, 0.4) is 0 Å². The van der Waals surface area contributed by atoms with Gasteiger partial charge in [-0.2, -0.15) is 4.98 Å². The fourth-order valence-corrected chi connectivity index (χ4v) is 4.44. The van der Waals surface area contributed by atoms with Crippen molar-refractivity contribution < 1.29 is 27.5 Å². The molecule has 11 nitrogen and oxygen atoms in total. The highest BCUT2D eigenvalue weighted by molar-refractivity contribution is 7.53. The summed E-state index contributed by atoms with van der Waals surface area (Å²) in [7, 11) is -3.87. The van der Waals surface area contributed by atoms with E-state index in [4.69, 9.17) is 19.5 Å². The first-order valence-electron chi connectivity index (χ1n) is 10.8. The number of nitrogens with two attached hydrogens (primary N) is 1. The van der Waals surface area contributed by atoms with E-state index in [1.54, 1.807) is 28.8 Å². The van der Waals surface area contributed by atoms with Gasteiger partial charge in [0.05, 0.1) is 19.5 Å². The SMILES string of the molecule is Nc1nc2c(ncn2CCOCP(=O)(OCC(=O)c2ccc(F)cc2)OCc2ccccc2)c(=O)[nH]1. The van der Waals surface area contributed by atoms with Crippen molar-refractivity contribution in [2.24, 2.45) is 0 Å². The Morgan fingerprint density at radius 2 is 1.86 bits per heavy atom. The highest BCUT2D eigenvalue weighted by Gasteiger charge is 2.27. The number of nitrogens with one attached hydrogen (secondary N) is 1. The lowest BCUT2D eigenvalue weighted by Crippen LogP contribution is -2.14. The zero-order valence-corrected chi connectivity index (χ0v) is 19.9. The van der Waals surface area contributed by atoms with Gasteiger partial charge >= 0.3 is 7.60 Å². The lowest BCUT2D eigenvalue weighted by atomic mass is 10.1. The molecule has 0 spiro atoms. The molecule has 0 bridgehead atoms. The van der Waals surface area contributed by atoms with E-state index in [1.165, 1.54) is 18.5 Å². The summed E-state index contributed by atoms with van der Waals surface area (Å²) in [5.41, 5.74) is 6.51. The third-order valence-corrected chi connectivity index (χ3v) is 6.59. The van der Waals surface area contributed by atoms with Crippen LogP contribution in [0.2, 0.25) is 0 Å². The highest BCUT2D eigenvalue weighted by atomic mass is 31.2. The number of hydrogen-bond donors (Lipinski definition) is 2. The standard InChI is InChI=1S/C23H23FN5O6P/c24-18-8-6-17(7-9-18)19(30)13-35-36(32,34-12-16-4-2-1-3-5-16)15-33-11-10-29-14-26-20-21(29)27-23(25)28-22(20)31/h1-9,14H,10-13,15H2,(H3,25,27,28,31). The van der Waals surface area contributed by atoms with E-state index in [9.17, 15) is 18.5 Å². The summed E-state index contributed by atoms with van der Waals surface area (Å²) in [5, 5.41) is 0. The number of H-pyrrole nitrogens is 1. The first kappa shape index (κ1) is 25.4. The lowest BCUT2D eigenvalue weighted by Gasteiger charge is -2.18. The number of anilines is 1. The van der Waals surface area contributed by atoms with E-state index < -0.39 is 37.7 Å². The van der Waals surface area contributed by atoms with Gasteiger partial charge in [-0.3, -0.25) is 23.7 Å².